The van der Waals surface area contributed by atoms with Crippen molar-refractivity contribution in [2.24, 2.45) is 11.8 Å². The van der Waals surface area contributed by atoms with E-state index in [1.807, 2.05) is 0 Å². The van der Waals surface area contributed by atoms with Gasteiger partial charge in [0, 0.05) is 25.7 Å². The van der Waals surface area contributed by atoms with Gasteiger partial charge in [0.25, 0.3) is 0 Å². The zero-order valence-electron chi connectivity index (χ0n) is 12.9. The minimum atomic E-state index is -0.856. The fraction of sp³-hybridized carbons (Fsp3) is 0.867. The minimum absolute atomic E-state index is 0.00628. The number of nitrogens with one attached hydrogen (secondary N) is 1. The third kappa shape index (κ3) is 4.88. The Balaban J connectivity index is 1.93. The lowest BCUT2D eigenvalue weighted by Gasteiger charge is -2.31. The molecule has 6 nitrogen and oxygen atoms in total. The number of urea groups is 1. The quantitative estimate of drug-likeness (QED) is 0.679. The summed E-state index contributed by atoms with van der Waals surface area (Å²) in [5, 5.41) is 11.9. The lowest BCUT2D eigenvalue weighted by atomic mass is 10.1. The first kappa shape index (κ1) is 16.1. The summed E-state index contributed by atoms with van der Waals surface area (Å²) in [5.41, 5.74) is 0. The van der Waals surface area contributed by atoms with Crippen LogP contribution in [0.1, 0.15) is 39.0 Å². The van der Waals surface area contributed by atoms with Crippen LogP contribution >= 0.6 is 0 Å². The summed E-state index contributed by atoms with van der Waals surface area (Å²) in [6.45, 7) is 3.11. The maximum absolute atomic E-state index is 12.5. The van der Waals surface area contributed by atoms with Gasteiger partial charge >= 0.3 is 12.0 Å². The van der Waals surface area contributed by atoms with E-state index in [9.17, 15) is 9.59 Å². The summed E-state index contributed by atoms with van der Waals surface area (Å²) in [4.78, 5) is 25.2. The Hall–Kier alpha value is -1.30. The van der Waals surface area contributed by atoms with Crippen LogP contribution in [0.2, 0.25) is 0 Å². The zero-order valence-corrected chi connectivity index (χ0v) is 12.9. The zero-order chi connectivity index (χ0) is 15.4. The lowest BCUT2D eigenvalue weighted by Crippen LogP contribution is -2.51. The van der Waals surface area contributed by atoms with E-state index in [1.54, 1.807) is 12.0 Å². The number of nitrogens with zero attached hydrogens (tertiary/aromatic N) is 1. The van der Waals surface area contributed by atoms with Gasteiger partial charge in [-0.2, -0.15) is 0 Å². The lowest BCUT2D eigenvalue weighted by molar-refractivity contribution is -0.137. The summed E-state index contributed by atoms with van der Waals surface area (Å²) in [7, 11) is 1.62. The number of carboxylic acid groups (broad SMARTS) is 1. The van der Waals surface area contributed by atoms with E-state index in [0.717, 1.165) is 12.8 Å². The topological polar surface area (TPSA) is 78.9 Å². The van der Waals surface area contributed by atoms with Gasteiger partial charge in [-0.3, -0.25) is 4.79 Å². The molecule has 0 radical (unpaired) electrons. The molecule has 0 bridgehead atoms. The molecule has 120 valence electrons. The highest BCUT2D eigenvalue weighted by Crippen LogP contribution is 2.36. The summed E-state index contributed by atoms with van der Waals surface area (Å²) >= 11 is 0. The molecular weight excluding hydrogens is 272 g/mol. The molecule has 2 unspecified atom stereocenters. The third-order valence-corrected chi connectivity index (χ3v) is 4.49. The van der Waals surface area contributed by atoms with E-state index < -0.39 is 5.97 Å². The van der Waals surface area contributed by atoms with Crippen molar-refractivity contribution in [3.8, 4) is 0 Å². The van der Waals surface area contributed by atoms with Crippen LogP contribution in [0.4, 0.5) is 4.79 Å². The molecule has 0 heterocycles. The first-order chi connectivity index (χ1) is 10.0. The van der Waals surface area contributed by atoms with E-state index >= 15 is 0 Å². The molecule has 2 fully saturated rings. The van der Waals surface area contributed by atoms with Gasteiger partial charge in [-0.15, -0.1) is 0 Å². The van der Waals surface area contributed by atoms with Crippen LogP contribution in [0.5, 0.6) is 0 Å². The molecule has 0 aromatic heterocycles. The molecule has 0 saturated heterocycles. The number of ether oxygens (including phenoxy) is 1. The molecule has 2 amide bonds. The molecule has 2 saturated carbocycles. The highest BCUT2D eigenvalue weighted by molar-refractivity contribution is 5.76. The Morgan fingerprint density at radius 3 is 2.38 bits per heavy atom. The van der Waals surface area contributed by atoms with Crippen LogP contribution < -0.4 is 5.32 Å². The van der Waals surface area contributed by atoms with Crippen LogP contribution in [0.25, 0.3) is 0 Å². The van der Waals surface area contributed by atoms with Gasteiger partial charge in [0.2, 0.25) is 0 Å². The van der Waals surface area contributed by atoms with Gasteiger partial charge in [0.1, 0.15) is 0 Å². The van der Waals surface area contributed by atoms with Crippen molar-refractivity contribution in [2.75, 3.05) is 20.3 Å². The molecule has 21 heavy (non-hydrogen) atoms. The number of carbonyl (C=O) groups is 2. The molecule has 2 aliphatic rings. The molecule has 6 heteroatoms. The Morgan fingerprint density at radius 1 is 1.29 bits per heavy atom. The largest absolute Gasteiger partial charge is 0.481 e. The Bertz CT molecular complexity index is 380. The average molecular weight is 298 g/mol. The second kappa shape index (κ2) is 7.11. The maximum Gasteiger partial charge on any atom is 0.317 e. The Labute approximate surface area is 125 Å². The van der Waals surface area contributed by atoms with Crippen LogP contribution in [-0.2, 0) is 9.53 Å². The predicted molar refractivity (Wildman–Crippen MR) is 78.1 cm³/mol. The summed E-state index contributed by atoms with van der Waals surface area (Å²) in [6.07, 6.45) is 4.35. The van der Waals surface area contributed by atoms with Crippen molar-refractivity contribution in [3.63, 3.8) is 0 Å². The molecule has 0 spiro atoms. The second-order valence-electron chi connectivity index (χ2n) is 6.26. The molecule has 2 atom stereocenters. The van der Waals surface area contributed by atoms with Crippen molar-refractivity contribution in [3.05, 3.63) is 0 Å². The van der Waals surface area contributed by atoms with E-state index in [4.69, 9.17) is 9.84 Å². The standard InChI is InChI=1S/C15H26N2O4/c1-10(11-3-4-11)17(7-8-21-2)15(20)16-13(9-14(18)19)12-5-6-12/h10-13H,3-9H2,1-2H3,(H,16,20)(H,18,19). The maximum atomic E-state index is 12.5. The number of methoxy groups -OCH3 is 1. The molecule has 0 aromatic carbocycles. The number of carboxylic acids is 1. The van der Waals surface area contributed by atoms with E-state index in [2.05, 4.69) is 12.2 Å². The summed E-state index contributed by atoms with van der Waals surface area (Å²) in [6, 6.07) is -0.208. The molecule has 0 aliphatic heterocycles. The molecule has 2 rings (SSSR count). The van der Waals surface area contributed by atoms with Gasteiger partial charge in [-0.05, 0) is 44.4 Å². The van der Waals surface area contributed by atoms with Crippen molar-refractivity contribution < 1.29 is 19.4 Å². The number of carbonyl (C=O) groups excluding carboxylic acids is 1. The normalized spacial score (nSPS) is 20.7. The molecule has 2 aliphatic carbocycles. The van der Waals surface area contributed by atoms with Crippen LogP contribution in [0.3, 0.4) is 0 Å². The smallest absolute Gasteiger partial charge is 0.317 e. The SMILES string of the molecule is COCCN(C(=O)NC(CC(=O)O)C1CC1)C(C)C1CC1. The van der Waals surface area contributed by atoms with Gasteiger partial charge in [0.15, 0.2) is 0 Å². The van der Waals surface area contributed by atoms with Crippen molar-refractivity contribution >= 4 is 12.0 Å². The molecule has 0 aromatic rings. The third-order valence-electron chi connectivity index (χ3n) is 4.49. The monoisotopic (exact) mass is 298 g/mol. The number of hydrogen-bond acceptors (Lipinski definition) is 3. The van der Waals surface area contributed by atoms with Crippen molar-refractivity contribution in [1.29, 1.82) is 0 Å². The number of amides is 2. The van der Waals surface area contributed by atoms with Gasteiger partial charge in [0.05, 0.1) is 13.0 Å². The van der Waals surface area contributed by atoms with Gasteiger partial charge in [-0.1, -0.05) is 0 Å². The molecule has 2 N–H and O–H groups in total. The van der Waals surface area contributed by atoms with E-state index in [0.29, 0.717) is 25.0 Å². The fourth-order valence-electron chi connectivity index (χ4n) is 2.78. The highest BCUT2D eigenvalue weighted by Gasteiger charge is 2.37. The number of rotatable bonds is 9. The molecular formula is C15H26N2O4. The summed E-state index contributed by atoms with van der Waals surface area (Å²) < 4.78 is 5.09. The number of aliphatic carboxylic acids is 1. The minimum Gasteiger partial charge on any atom is -0.481 e. The van der Waals surface area contributed by atoms with Crippen molar-refractivity contribution in [2.45, 2.75) is 51.1 Å². The Morgan fingerprint density at radius 2 is 1.90 bits per heavy atom. The highest BCUT2D eigenvalue weighted by atomic mass is 16.5. The Kier molecular flexibility index (Phi) is 5.45. The first-order valence-corrected chi connectivity index (χ1v) is 7.80. The van der Waals surface area contributed by atoms with Crippen molar-refractivity contribution in [1.82, 2.24) is 10.2 Å². The summed E-state index contributed by atoms with van der Waals surface area (Å²) in [5.74, 6) is 0.0443. The fourth-order valence-corrected chi connectivity index (χ4v) is 2.78. The second-order valence-corrected chi connectivity index (χ2v) is 6.26. The number of hydrogen-bond donors (Lipinski definition) is 2. The predicted octanol–water partition coefficient (Wildman–Crippen LogP) is 1.70. The first-order valence-electron chi connectivity index (χ1n) is 7.80. The van der Waals surface area contributed by atoms with Gasteiger partial charge in [-0.25, -0.2) is 4.79 Å². The van der Waals surface area contributed by atoms with Gasteiger partial charge < -0.3 is 20.1 Å². The van der Waals surface area contributed by atoms with E-state index in [1.165, 1.54) is 12.8 Å². The average Bonchev–Trinajstić information content (AvgIpc) is 3.30. The van der Waals surface area contributed by atoms with Crippen LogP contribution in [0, 0.1) is 11.8 Å². The van der Waals surface area contributed by atoms with E-state index in [-0.39, 0.29) is 24.5 Å². The van der Waals surface area contributed by atoms with Crippen LogP contribution in [-0.4, -0.2) is 54.4 Å². The van der Waals surface area contributed by atoms with Crippen LogP contribution in [0.15, 0.2) is 0 Å².